The topological polar surface area (TPSA) is 104 Å². The lowest BCUT2D eigenvalue weighted by Gasteiger charge is -2.27. The van der Waals surface area contributed by atoms with E-state index in [0.29, 0.717) is 6.42 Å². The molecular formula is C13H24O6. The zero-order valence-electron chi connectivity index (χ0n) is 11.8. The van der Waals surface area contributed by atoms with Gasteiger partial charge in [-0.2, -0.15) is 0 Å². The number of aliphatic hydroxyl groups excluding tert-OH is 2. The monoisotopic (exact) mass is 276 g/mol. The molecule has 0 saturated heterocycles. The van der Waals surface area contributed by atoms with Crippen LogP contribution >= 0.6 is 0 Å². The van der Waals surface area contributed by atoms with Gasteiger partial charge < -0.3 is 20.1 Å². The molecule has 0 fully saturated rings. The molecule has 0 amide bonds. The summed E-state index contributed by atoms with van der Waals surface area (Å²) in [5.74, 6) is -1.48. The van der Waals surface area contributed by atoms with Gasteiger partial charge in [-0.15, -0.1) is 0 Å². The van der Waals surface area contributed by atoms with Crippen LogP contribution in [0.2, 0.25) is 0 Å². The molecule has 112 valence electrons. The van der Waals surface area contributed by atoms with Gasteiger partial charge in [0.2, 0.25) is 0 Å². The molecule has 0 aliphatic carbocycles. The number of esters is 1. The molecule has 0 heterocycles. The number of hydrogen-bond donors (Lipinski definition) is 3. The van der Waals surface area contributed by atoms with Crippen LogP contribution in [-0.4, -0.2) is 47.1 Å². The molecule has 0 bridgehead atoms. The van der Waals surface area contributed by atoms with Gasteiger partial charge >= 0.3 is 11.9 Å². The smallest absolute Gasteiger partial charge is 0.309 e. The Kier molecular flexibility index (Phi) is 7.00. The van der Waals surface area contributed by atoms with Crippen molar-refractivity contribution in [3.8, 4) is 0 Å². The van der Waals surface area contributed by atoms with Crippen molar-refractivity contribution in [1.82, 2.24) is 0 Å². The summed E-state index contributed by atoms with van der Waals surface area (Å²) < 4.78 is 5.00. The molecule has 0 aromatic carbocycles. The fourth-order valence-electron chi connectivity index (χ4n) is 1.29. The maximum Gasteiger partial charge on any atom is 0.309 e. The first-order valence-electron chi connectivity index (χ1n) is 6.34. The summed E-state index contributed by atoms with van der Waals surface area (Å²) in [5, 5.41) is 27.3. The van der Waals surface area contributed by atoms with Crippen molar-refractivity contribution in [3.63, 3.8) is 0 Å². The number of hydrogen-bond acceptors (Lipinski definition) is 5. The zero-order valence-corrected chi connectivity index (χ0v) is 11.8. The van der Waals surface area contributed by atoms with Crippen molar-refractivity contribution in [2.24, 2.45) is 10.8 Å². The number of ether oxygens (including phenoxy) is 1. The van der Waals surface area contributed by atoms with Crippen LogP contribution in [-0.2, 0) is 14.3 Å². The molecule has 19 heavy (non-hydrogen) atoms. The first-order chi connectivity index (χ1) is 8.73. The van der Waals surface area contributed by atoms with Crippen molar-refractivity contribution in [1.29, 1.82) is 0 Å². The van der Waals surface area contributed by atoms with Gasteiger partial charge in [0.25, 0.3) is 0 Å². The highest BCUT2D eigenvalue weighted by molar-refractivity contribution is 5.75. The largest absolute Gasteiger partial charge is 0.481 e. The van der Waals surface area contributed by atoms with E-state index in [1.807, 2.05) is 0 Å². The minimum atomic E-state index is -0.977. The Morgan fingerprint density at radius 1 is 1.16 bits per heavy atom. The number of carbonyl (C=O) groups is 2. The molecule has 0 saturated carbocycles. The maximum atomic E-state index is 11.5. The average molecular weight is 276 g/mol. The molecule has 0 radical (unpaired) electrons. The molecule has 0 unspecified atom stereocenters. The quantitative estimate of drug-likeness (QED) is 0.538. The van der Waals surface area contributed by atoms with E-state index in [1.165, 1.54) is 0 Å². The molecule has 0 atom stereocenters. The van der Waals surface area contributed by atoms with E-state index >= 15 is 0 Å². The first kappa shape index (κ1) is 17.9. The van der Waals surface area contributed by atoms with Crippen LogP contribution in [0.3, 0.4) is 0 Å². The molecule has 0 spiro atoms. The van der Waals surface area contributed by atoms with E-state index in [1.54, 1.807) is 20.8 Å². The summed E-state index contributed by atoms with van der Waals surface area (Å²) >= 11 is 0. The van der Waals surface area contributed by atoms with Crippen LogP contribution in [0.5, 0.6) is 0 Å². The van der Waals surface area contributed by atoms with E-state index in [-0.39, 0.29) is 32.7 Å². The molecule has 0 rings (SSSR count). The summed E-state index contributed by atoms with van der Waals surface area (Å²) in [6.07, 6.45) is 0.655. The molecule has 0 aliphatic heterocycles. The minimum absolute atomic E-state index is 0.00402. The van der Waals surface area contributed by atoms with Crippen LogP contribution in [0.1, 0.15) is 40.0 Å². The van der Waals surface area contributed by atoms with Crippen molar-refractivity contribution < 1.29 is 29.6 Å². The standard InChI is InChI=1S/C13H24O6/c1-4-13(7-14,8-15)9-19-10(16)5-6-12(2,3)11(17)18/h14-15H,4-9H2,1-3H3,(H,17,18). The molecule has 0 aliphatic rings. The molecule has 0 aromatic rings. The third-order valence-electron chi connectivity index (χ3n) is 3.49. The van der Waals surface area contributed by atoms with Crippen molar-refractivity contribution in [3.05, 3.63) is 0 Å². The summed E-state index contributed by atoms with van der Waals surface area (Å²) in [6.45, 7) is 4.26. The molecular weight excluding hydrogens is 252 g/mol. The number of carbonyl (C=O) groups excluding carboxylic acids is 1. The third-order valence-corrected chi connectivity index (χ3v) is 3.49. The Morgan fingerprint density at radius 2 is 1.68 bits per heavy atom. The van der Waals surface area contributed by atoms with Crippen molar-refractivity contribution in [2.45, 2.75) is 40.0 Å². The van der Waals surface area contributed by atoms with E-state index in [4.69, 9.17) is 9.84 Å². The van der Waals surface area contributed by atoms with Crippen molar-refractivity contribution >= 4 is 11.9 Å². The van der Waals surface area contributed by atoms with Gasteiger partial charge in [0.1, 0.15) is 6.61 Å². The fraction of sp³-hybridized carbons (Fsp3) is 0.846. The Hall–Kier alpha value is -1.14. The minimum Gasteiger partial charge on any atom is -0.481 e. The third kappa shape index (κ3) is 5.57. The predicted molar refractivity (Wildman–Crippen MR) is 68.5 cm³/mol. The highest BCUT2D eigenvalue weighted by atomic mass is 16.5. The normalized spacial score (nSPS) is 12.3. The highest BCUT2D eigenvalue weighted by Crippen LogP contribution is 2.24. The van der Waals surface area contributed by atoms with Crippen LogP contribution in [0.4, 0.5) is 0 Å². The van der Waals surface area contributed by atoms with Crippen LogP contribution in [0.15, 0.2) is 0 Å². The molecule has 6 nitrogen and oxygen atoms in total. The Bertz CT molecular complexity index is 298. The molecule has 6 heteroatoms. The second-order valence-electron chi connectivity index (χ2n) is 5.52. The lowest BCUT2D eigenvalue weighted by Crippen LogP contribution is -2.35. The summed E-state index contributed by atoms with van der Waals surface area (Å²) in [7, 11) is 0. The van der Waals surface area contributed by atoms with Crippen LogP contribution < -0.4 is 0 Å². The van der Waals surface area contributed by atoms with E-state index in [9.17, 15) is 19.8 Å². The Balaban J connectivity index is 4.23. The summed E-state index contributed by atoms with van der Waals surface area (Å²) in [6, 6.07) is 0. The van der Waals surface area contributed by atoms with Crippen molar-refractivity contribution in [2.75, 3.05) is 19.8 Å². The van der Waals surface area contributed by atoms with Crippen LogP contribution in [0, 0.1) is 10.8 Å². The Labute approximate surface area is 113 Å². The number of carboxylic acid groups (broad SMARTS) is 1. The number of carboxylic acids is 1. The lowest BCUT2D eigenvalue weighted by molar-refractivity contribution is -0.152. The first-order valence-corrected chi connectivity index (χ1v) is 6.34. The highest BCUT2D eigenvalue weighted by Gasteiger charge is 2.30. The lowest BCUT2D eigenvalue weighted by atomic mass is 9.87. The molecule has 0 aromatic heterocycles. The van der Waals surface area contributed by atoms with Gasteiger partial charge in [-0.05, 0) is 26.7 Å². The van der Waals surface area contributed by atoms with E-state index < -0.39 is 22.8 Å². The van der Waals surface area contributed by atoms with Gasteiger partial charge in [0, 0.05) is 6.42 Å². The maximum absolute atomic E-state index is 11.5. The average Bonchev–Trinajstić information content (AvgIpc) is 2.38. The number of aliphatic carboxylic acids is 1. The van der Waals surface area contributed by atoms with E-state index in [2.05, 4.69) is 0 Å². The molecule has 3 N–H and O–H groups in total. The van der Waals surface area contributed by atoms with Gasteiger partial charge in [0.15, 0.2) is 0 Å². The van der Waals surface area contributed by atoms with Gasteiger partial charge in [-0.3, -0.25) is 9.59 Å². The van der Waals surface area contributed by atoms with Gasteiger partial charge in [-0.1, -0.05) is 6.92 Å². The second kappa shape index (κ2) is 7.45. The van der Waals surface area contributed by atoms with Crippen LogP contribution in [0.25, 0.3) is 0 Å². The second-order valence-corrected chi connectivity index (χ2v) is 5.52. The van der Waals surface area contributed by atoms with E-state index in [0.717, 1.165) is 0 Å². The SMILES string of the molecule is CCC(CO)(CO)COC(=O)CCC(C)(C)C(=O)O. The van der Waals surface area contributed by atoms with Gasteiger partial charge in [-0.25, -0.2) is 0 Å². The summed E-state index contributed by atoms with van der Waals surface area (Å²) in [4.78, 5) is 22.4. The predicted octanol–water partition coefficient (Wildman–Crippen LogP) is 0.802. The van der Waals surface area contributed by atoms with Gasteiger partial charge in [0.05, 0.1) is 24.0 Å². The summed E-state index contributed by atoms with van der Waals surface area (Å²) in [5.41, 5.74) is -1.80. The fourth-order valence-corrected chi connectivity index (χ4v) is 1.29. The number of rotatable bonds is 9. The Morgan fingerprint density at radius 3 is 2.05 bits per heavy atom. The number of aliphatic hydroxyl groups is 2. The zero-order chi connectivity index (χ0) is 15.1.